The molecule has 4 aromatic rings. The summed E-state index contributed by atoms with van der Waals surface area (Å²) in [6, 6.07) is 18.1. The zero-order valence-electron chi connectivity index (χ0n) is 12.0. The average Bonchev–Trinajstić information content (AvgIpc) is 3.10. The number of aromatic hydroxyl groups is 1. The van der Waals surface area contributed by atoms with Crippen molar-refractivity contribution in [1.82, 2.24) is 9.72 Å². The molecule has 23 heavy (non-hydrogen) atoms. The molecule has 0 saturated heterocycles. The smallest absolute Gasteiger partial charge is 0.268 e. The van der Waals surface area contributed by atoms with Crippen molar-refractivity contribution in [1.29, 1.82) is 0 Å². The van der Waals surface area contributed by atoms with Gasteiger partial charge in [-0.15, -0.1) is 0 Å². The third kappa shape index (κ3) is 2.02. The number of pyridine rings is 1. The molecular formula is C18H12N2O3. The van der Waals surface area contributed by atoms with Gasteiger partial charge in [-0.25, -0.2) is 0 Å². The standard InChI is InChI=1S/C18H12N2O3/c21-17-13-8-4-5-9-15(13)20(12-6-2-1-3-7-12)18(22)16(17)14-10-11-23-19-14/h1-11,21H. The van der Waals surface area contributed by atoms with Crippen LogP contribution in [-0.2, 0) is 0 Å². The third-order valence-electron chi connectivity index (χ3n) is 3.76. The van der Waals surface area contributed by atoms with Crippen LogP contribution in [-0.4, -0.2) is 14.8 Å². The van der Waals surface area contributed by atoms with E-state index in [1.807, 2.05) is 42.5 Å². The van der Waals surface area contributed by atoms with Crippen molar-refractivity contribution in [3.05, 3.63) is 77.3 Å². The summed E-state index contributed by atoms with van der Waals surface area (Å²) in [4.78, 5) is 13.0. The highest BCUT2D eigenvalue weighted by Crippen LogP contribution is 2.33. The van der Waals surface area contributed by atoms with Crippen molar-refractivity contribution >= 4 is 10.9 Å². The molecule has 5 heteroatoms. The molecule has 0 amide bonds. The Balaban J connectivity index is 2.20. The van der Waals surface area contributed by atoms with Gasteiger partial charge < -0.3 is 9.63 Å². The number of para-hydroxylation sites is 2. The molecule has 2 heterocycles. The summed E-state index contributed by atoms with van der Waals surface area (Å²) >= 11 is 0. The molecular weight excluding hydrogens is 292 g/mol. The average molecular weight is 304 g/mol. The zero-order chi connectivity index (χ0) is 15.8. The van der Waals surface area contributed by atoms with E-state index in [1.54, 1.807) is 22.8 Å². The number of rotatable bonds is 2. The van der Waals surface area contributed by atoms with E-state index in [-0.39, 0.29) is 16.9 Å². The lowest BCUT2D eigenvalue weighted by Gasteiger charge is -2.14. The Bertz CT molecular complexity index is 1040. The zero-order valence-corrected chi connectivity index (χ0v) is 12.0. The minimum absolute atomic E-state index is 0.0910. The van der Waals surface area contributed by atoms with Gasteiger partial charge in [0, 0.05) is 17.1 Å². The summed E-state index contributed by atoms with van der Waals surface area (Å²) in [7, 11) is 0. The van der Waals surface area contributed by atoms with Crippen LogP contribution in [0.15, 0.2) is 76.2 Å². The van der Waals surface area contributed by atoms with Gasteiger partial charge in [-0.2, -0.15) is 0 Å². The lowest BCUT2D eigenvalue weighted by atomic mass is 10.1. The van der Waals surface area contributed by atoms with Crippen LogP contribution in [0.2, 0.25) is 0 Å². The fourth-order valence-electron chi connectivity index (χ4n) is 2.73. The maximum absolute atomic E-state index is 13.0. The topological polar surface area (TPSA) is 68.3 Å². The Morgan fingerprint density at radius 1 is 0.957 bits per heavy atom. The van der Waals surface area contributed by atoms with Crippen molar-refractivity contribution in [3.63, 3.8) is 0 Å². The van der Waals surface area contributed by atoms with E-state index < -0.39 is 0 Å². The Kier molecular flexibility index (Phi) is 2.98. The van der Waals surface area contributed by atoms with E-state index in [1.165, 1.54) is 6.26 Å². The van der Waals surface area contributed by atoms with E-state index in [9.17, 15) is 9.90 Å². The quantitative estimate of drug-likeness (QED) is 0.616. The van der Waals surface area contributed by atoms with Gasteiger partial charge >= 0.3 is 0 Å². The second kappa shape index (κ2) is 5.14. The van der Waals surface area contributed by atoms with Crippen LogP contribution >= 0.6 is 0 Å². The summed E-state index contributed by atoms with van der Waals surface area (Å²) in [5.41, 5.74) is 1.44. The second-order valence-electron chi connectivity index (χ2n) is 5.10. The lowest BCUT2D eigenvalue weighted by Crippen LogP contribution is -2.21. The molecule has 0 aliphatic carbocycles. The molecule has 0 bridgehead atoms. The van der Waals surface area contributed by atoms with E-state index in [4.69, 9.17) is 4.52 Å². The minimum Gasteiger partial charge on any atom is -0.506 e. The molecule has 0 radical (unpaired) electrons. The molecule has 1 N–H and O–H groups in total. The van der Waals surface area contributed by atoms with Crippen molar-refractivity contribution in [2.24, 2.45) is 0 Å². The Morgan fingerprint density at radius 2 is 1.70 bits per heavy atom. The molecule has 0 atom stereocenters. The normalized spacial score (nSPS) is 11.0. The van der Waals surface area contributed by atoms with Crippen molar-refractivity contribution in [3.8, 4) is 22.7 Å². The number of hydrogen-bond acceptors (Lipinski definition) is 4. The highest BCUT2D eigenvalue weighted by Gasteiger charge is 2.20. The lowest BCUT2D eigenvalue weighted by molar-refractivity contribution is 0.421. The van der Waals surface area contributed by atoms with Crippen molar-refractivity contribution < 1.29 is 9.63 Å². The molecule has 2 aromatic heterocycles. The van der Waals surface area contributed by atoms with Crippen LogP contribution in [0.4, 0.5) is 0 Å². The van der Waals surface area contributed by atoms with Crippen LogP contribution in [0.5, 0.6) is 5.75 Å². The molecule has 0 saturated carbocycles. The highest BCUT2D eigenvalue weighted by atomic mass is 16.5. The first kappa shape index (κ1) is 13.3. The number of benzene rings is 2. The summed E-state index contributed by atoms with van der Waals surface area (Å²) in [5.74, 6) is -0.0910. The maximum atomic E-state index is 13.0. The van der Waals surface area contributed by atoms with Gasteiger partial charge in [0.15, 0.2) is 0 Å². The summed E-state index contributed by atoms with van der Waals surface area (Å²) in [5, 5.41) is 15.0. The van der Waals surface area contributed by atoms with Crippen molar-refractivity contribution in [2.75, 3.05) is 0 Å². The summed E-state index contributed by atoms with van der Waals surface area (Å²) in [6.45, 7) is 0. The molecule has 112 valence electrons. The summed E-state index contributed by atoms with van der Waals surface area (Å²) < 4.78 is 6.40. The van der Waals surface area contributed by atoms with Gasteiger partial charge in [-0.3, -0.25) is 9.36 Å². The van der Waals surface area contributed by atoms with Gasteiger partial charge in [0.1, 0.15) is 23.3 Å². The number of aromatic nitrogens is 2. The van der Waals surface area contributed by atoms with Crippen LogP contribution in [0.1, 0.15) is 0 Å². The van der Waals surface area contributed by atoms with Gasteiger partial charge in [-0.1, -0.05) is 35.5 Å². The number of hydrogen-bond donors (Lipinski definition) is 1. The molecule has 2 aromatic carbocycles. The predicted octanol–water partition coefficient (Wildman–Crippen LogP) is 3.35. The van der Waals surface area contributed by atoms with E-state index >= 15 is 0 Å². The van der Waals surface area contributed by atoms with Gasteiger partial charge in [0.05, 0.1) is 5.52 Å². The van der Waals surface area contributed by atoms with E-state index in [0.29, 0.717) is 16.6 Å². The molecule has 5 nitrogen and oxygen atoms in total. The van der Waals surface area contributed by atoms with Crippen LogP contribution in [0, 0.1) is 0 Å². The predicted molar refractivity (Wildman–Crippen MR) is 86.7 cm³/mol. The first-order chi connectivity index (χ1) is 11.3. The number of fused-ring (bicyclic) bond motifs is 1. The molecule has 0 aliphatic heterocycles. The maximum Gasteiger partial charge on any atom is 0.268 e. The highest BCUT2D eigenvalue weighted by molar-refractivity contribution is 5.92. The SMILES string of the molecule is O=c1c(-c2ccon2)c(O)c2ccccc2n1-c1ccccc1. The van der Waals surface area contributed by atoms with E-state index in [0.717, 1.165) is 5.69 Å². The fraction of sp³-hybridized carbons (Fsp3) is 0. The molecule has 4 rings (SSSR count). The summed E-state index contributed by atoms with van der Waals surface area (Å²) in [6.07, 6.45) is 1.37. The van der Waals surface area contributed by atoms with Crippen LogP contribution in [0.3, 0.4) is 0 Å². The van der Waals surface area contributed by atoms with Crippen molar-refractivity contribution in [2.45, 2.75) is 0 Å². The van der Waals surface area contributed by atoms with Gasteiger partial charge in [-0.05, 0) is 24.3 Å². The van der Waals surface area contributed by atoms with Gasteiger partial charge in [0.25, 0.3) is 5.56 Å². The van der Waals surface area contributed by atoms with E-state index in [2.05, 4.69) is 5.16 Å². The number of nitrogens with zero attached hydrogens (tertiary/aromatic N) is 2. The molecule has 0 spiro atoms. The molecule has 0 aliphatic rings. The minimum atomic E-state index is -0.346. The second-order valence-corrected chi connectivity index (χ2v) is 5.10. The van der Waals surface area contributed by atoms with Crippen LogP contribution < -0.4 is 5.56 Å². The Hall–Kier alpha value is -3.34. The molecule has 0 fully saturated rings. The monoisotopic (exact) mass is 304 g/mol. The largest absolute Gasteiger partial charge is 0.506 e. The first-order valence-corrected chi connectivity index (χ1v) is 7.10. The molecule has 0 unspecified atom stereocenters. The Labute approximate surface area is 131 Å². The Morgan fingerprint density at radius 3 is 2.43 bits per heavy atom. The van der Waals surface area contributed by atoms with Crippen LogP contribution in [0.25, 0.3) is 27.8 Å². The van der Waals surface area contributed by atoms with Gasteiger partial charge in [0.2, 0.25) is 0 Å². The first-order valence-electron chi connectivity index (χ1n) is 7.10. The fourth-order valence-corrected chi connectivity index (χ4v) is 2.73. The third-order valence-corrected chi connectivity index (χ3v) is 3.76.